The Labute approximate surface area is 86.0 Å². The second-order valence-corrected chi connectivity index (χ2v) is 3.65. The van der Waals surface area contributed by atoms with Crippen LogP contribution in [0.1, 0.15) is 17.2 Å². The number of hydrogen-bond donors (Lipinski definition) is 2. The predicted molar refractivity (Wildman–Crippen MR) is 58.2 cm³/mol. The molecular weight excluding hydrogens is 230 g/mol. The van der Waals surface area contributed by atoms with Gasteiger partial charge in [0.05, 0.1) is 6.04 Å². The first kappa shape index (κ1) is 10.2. The van der Waals surface area contributed by atoms with Gasteiger partial charge in [0.15, 0.2) is 0 Å². The summed E-state index contributed by atoms with van der Waals surface area (Å²) in [4.78, 5) is 4.01. The van der Waals surface area contributed by atoms with Gasteiger partial charge in [-0.1, -0.05) is 6.08 Å². The molecule has 0 aliphatic rings. The predicted octanol–water partition coefficient (Wildman–Crippen LogP) is 1.92. The lowest BCUT2D eigenvalue weighted by molar-refractivity contribution is 0.894. The molecule has 0 aliphatic heterocycles. The second-order valence-electron chi connectivity index (χ2n) is 2.79. The molecule has 3 nitrogen and oxygen atoms in total. The van der Waals surface area contributed by atoms with Crippen LogP contribution in [0.5, 0.6) is 0 Å². The van der Waals surface area contributed by atoms with Crippen molar-refractivity contribution >= 4 is 21.7 Å². The summed E-state index contributed by atoms with van der Waals surface area (Å²) in [7, 11) is 0. The molecule has 0 spiro atoms. The van der Waals surface area contributed by atoms with Crippen LogP contribution in [-0.2, 0) is 0 Å². The fourth-order valence-corrected chi connectivity index (χ4v) is 1.47. The highest BCUT2D eigenvalue weighted by Gasteiger charge is 2.12. The van der Waals surface area contributed by atoms with Crippen LogP contribution in [0.4, 0.5) is 5.82 Å². The quantitative estimate of drug-likeness (QED) is 0.778. The molecule has 0 fully saturated rings. The third kappa shape index (κ3) is 1.89. The van der Waals surface area contributed by atoms with Gasteiger partial charge < -0.3 is 11.5 Å². The Morgan fingerprint density at radius 3 is 2.85 bits per heavy atom. The summed E-state index contributed by atoms with van der Waals surface area (Å²) in [5.74, 6) is 0.466. The Hall–Kier alpha value is -0.870. The van der Waals surface area contributed by atoms with E-state index >= 15 is 0 Å². The number of hydrogen-bond acceptors (Lipinski definition) is 3. The van der Waals surface area contributed by atoms with E-state index in [4.69, 9.17) is 11.5 Å². The van der Waals surface area contributed by atoms with Crippen LogP contribution >= 0.6 is 15.9 Å². The molecule has 13 heavy (non-hydrogen) atoms. The van der Waals surface area contributed by atoms with Crippen molar-refractivity contribution in [1.29, 1.82) is 0 Å². The van der Waals surface area contributed by atoms with Crippen LogP contribution in [-0.4, -0.2) is 4.98 Å². The Morgan fingerprint density at radius 1 is 1.69 bits per heavy atom. The van der Waals surface area contributed by atoms with E-state index in [0.29, 0.717) is 5.82 Å². The van der Waals surface area contributed by atoms with E-state index in [1.54, 1.807) is 12.3 Å². The monoisotopic (exact) mass is 241 g/mol. The lowest BCUT2D eigenvalue weighted by Crippen LogP contribution is -2.12. The zero-order valence-electron chi connectivity index (χ0n) is 7.42. The van der Waals surface area contributed by atoms with Gasteiger partial charge in [-0.3, -0.25) is 0 Å². The molecule has 1 aromatic heterocycles. The molecule has 0 bridgehead atoms. The first-order chi connectivity index (χ1) is 6.07. The summed E-state index contributed by atoms with van der Waals surface area (Å²) in [6.45, 7) is 5.57. The number of rotatable bonds is 2. The number of nitrogens with zero attached hydrogens (tertiary/aromatic N) is 1. The lowest BCUT2D eigenvalue weighted by atomic mass is 10.0. The zero-order chi connectivity index (χ0) is 10.0. The Kier molecular flexibility index (Phi) is 3.06. The molecule has 1 rings (SSSR count). The van der Waals surface area contributed by atoms with Gasteiger partial charge in [-0.15, -0.1) is 6.58 Å². The van der Waals surface area contributed by atoms with Gasteiger partial charge in [0.25, 0.3) is 0 Å². The third-order valence-corrected chi connectivity index (χ3v) is 2.74. The number of halogens is 1. The number of pyridine rings is 1. The Balaban J connectivity index is 3.32. The average Bonchev–Trinajstić information content (AvgIpc) is 2.12. The molecule has 0 aliphatic carbocycles. The maximum absolute atomic E-state index is 5.81. The first-order valence-electron chi connectivity index (χ1n) is 3.86. The van der Waals surface area contributed by atoms with Crippen molar-refractivity contribution < 1.29 is 0 Å². The molecule has 4 heteroatoms. The van der Waals surface area contributed by atoms with Crippen LogP contribution in [0, 0.1) is 6.92 Å². The summed E-state index contributed by atoms with van der Waals surface area (Å²) >= 11 is 3.37. The summed E-state index contributed by atoms with van der Waals surface area (Å²) in [6, 6.07) is -0.259. The van der Waals surface area contributed by atoms with Crippen LogP contribution in [0.2, 0.25) is 0 Å². The molecule has 0 unspecified atom stereocenters. The lowest BCUT2D eigenvalue weighted by Gasteiger charge is -2.13. The number of aromatic nitrogens is 1. The van der Waals surface area contributed by atoms with Crippen molar-refractivity contribution in [2.24, 2.45) is 5.73 Å². The summed E-state index contributed by atoms with van der Waals surface area (Å²) in [5.41, 5.74) is 13.4. The molecule has 1 atom stereocenters. The van der Waals surface area contributed by atoms with Gasteiger partial charge in [-0.2, -0.15) is 0 Å². The Bertz CT molecular complexity index is 336. The summed E-state index contributed by atoms with van der Waals surface area (Å²) in [5, 5.41) is 0. The highest BCUT2D eigenvalue weighted by atomic mass is 79.9. The highest BCUT2D eigenvalue weighted by Crippen LogP contribution is 2.27. The third-order valence-electron chi connectivity index (χ3n) is 1.94. The fraction of sp³-hybridized carbons (Fsp3) is 0.222. The SMILES string of the molecule is C=C[C@H](N)c1c(N)ncc(Br)c1C. The first-order valence-corrected chi connectivity index (χ1v) is 4.65. The van der Waals surface area contributed by atoms with E-state index in [-0.39, 0.29) is 6.04 Å². The molecule has 0 radical (unpaired) electrons. The normalized spacial score (nSPS) is 12.5. The van der Waals surface area contributed by atoms with Crippen LogP contribution < -0.4 is 11.5 Å². The Morgan fingerprint density at radius 2 is 2.31 bits per heavy atom. The largest absolute Gasteiger partial charge is 0.383 e. The highest BCUT2D eigenvalue weighted by molar-refractivity contribution is 9.10. The van der Waals surface area contributed by atoms with Crippen molar-refractivity contribution in [3.8, 4) is 0 Å². The van der Waals surface area contributed by atoms with E-state index < -0.39 is 0 Å². The van der Waals surface area contributed by atoms with E-state index in [2.05, 4.69) is 27.5 Å². The van der Waals surface area contributed by atoms with Crippen molar-refractivity contribution in [3.63, 3.8) is 0 Å². The standard InChI is InChI=1S/C9H12BrN3/c1-3-7(11)8-5(2)6(10)4-13-9(8)12/h3-4,7H,1,11H2,2H3,(H2,12,13)/t7-/m0/s1. The van der Waals surface area contributed by atoms with Gasteiger partial charge in [0, 0.05) is 16.2 Å². The molecule has 0 saturated heterocycles. The molecule has 4 N–H and O–H groups in total. The smallest absolute Gasteiger partial charge is 0.128 e. The number of nitrogen functional groups attached to an aromatic ring is 1. The van der Waals surface area contributed by atoms with Gasteiger partial charge in [-0.05, 0) is 28.4 Å². The van der Waals surface area contributed by atoms with E-state index in [0.717, 1.165) is 15.6 Å². The van der Waals surface area contributed by atoms with Gasteiger partial charge in [-0.25, -0.2) is 4.98 Å². The van der Waals surface area contributed by atoms with Gasteiger partial charge in [0.2, 0.25) is 0 Å². The molecule has 0 amide bonds. The molecule has 0 saturated carbocycles. The molecule has 70 valence electrons. The minimum atomic E-state index is -0.259. The van der Waals surface area contributed by atoms with E-state index in [9.17, 15) is 0 Å². The molecule has 0 aromatic carbocycles. The van der Waals surface area contributed by atoms with Crippen LogP contribution in [0.15, 0.2) is 23.3 Å². The van der Waals surface area contributed by atoms with E-state index in [1.165, 1.54) is 0 Å². The summed E-state index contributed by atoms with van der Waals surface area (Å²) in [6.07, 6.45) is 3.32. The number of anilines is 1. The minimum Gasteiger partial charge on any atom is -0.383 e. The zero-order valence-corrected chi connectivity index (χ0v) is 9.01. The van der Waals surface area contributed by atoms with Crippen molar-refractivity contribution in [2.45, 2.75) is 13.0 Å². The van der Waals surface area contributed by atoms with Crippen molar-refractivity contribution in [3.05, 3.63) is 34.5 Å². The fourth-order valence-electron chi connectivity index (χ4n) is 1.15. The molecular formula is C9H12BrN3. The van der Waals surface area contributed by atoms with Crippen molar-refractivity contribution in [1.82, 2.24) is 4.98 Å². The van der Waals surface area contributed by atoms with Gasteiger partial charge in [0.1, 0.15) is 5.82 Å². The van der Waals surface area contributed by atoms with E-state index in [1.807, 2.05) is 6.92 Å². The topological polar surface area (TPSA) is 64.9 Å². The van der Waals surface area contributed by atoms with Crippen LogP contribution in [0.3, 0.4) is 0 Å². The maximum Gasteiger partial charge on any atom is 0.128 e. The second kappa shape index (κ2) is 3.89. The van der Waals surface area contributed by atoms with Crippen molar-refractivity contribution in [2.75, 3.05) is 5.73 Å². The molecule has 1 aromatic rings. The maximum atomic E-state index is 5.81. The average molecular weight is 242 g/mol. The number of nitrogens with two attached hydrogens (primary N) is 2. The minimum absolute atomic E-state index is 0.259. The van der Waals surface area contributed by atoms with Gasteiger partial charge >= 0.3 is 0 Å². The molecule has 1 heterocycles. The summed E-state index contributed by atoms with van der Waals surface area (Å²) < 4.78 is 0.911. The van der Waals surface area contributed by atoms with Crippen LogP contribution in [0.25, 0.3) is 0 Å².